The van der Waals surface area contributed by atoms with Crippen LogP contribution in [0.5, 0.6) is 0 Å². The maximum atomic E-state index is 10.7. The number of non-ortho nitro benzene ring substituents is 1. The first kappa shape index (κ1) is 12.8. The Bertz CT molecular complexity index is 444. The van der Waals surface area contributed by atoms with Crippen molar-refractivity contribution in [3.63, 3.8) is 0 Å². The van der Waals surface area contributed by atoms with E-state index in [1.165, 1.54) is 12.5 Å². The molecule has 0 aromatic heterocycles. The molecule has 1 aliphatic rings. The van der Waals surface area contributed by atoms with E-state index in [1.54, 1.807) is 12.1 Å². The van der Waals surface area contributed by atoms with E-state index in [2.05, 4.69) is 4.90 Å². The topological polar surface area (TPSA) is 66.6 Å². The van der Waals surface area contributed by atoms with Crippen LogP contribution in [0.4, 0.5) is 11.4 Å². The van der Waals surface area contributed by atoms with Crippen LogP contribution in [-0.2, 0) is 0 Å². The highest BCUT2D eigenvalue weighted by molar-refractivity contribution is 5.58. The normalized spacial score (nSPS) is 15.2. The van der Waals surface area contributed by atoms with Crippen molar-refractivity contribution in [3.05, 3.63) is 33.9 Å². The first-order valence-electron chi connectivity index (χ1n) is 6.26. The molecule has 18 heavy (non-hydrogen) atoms. The second kappa shape index (κ2) is 5.35. The van der Waals surface area contributed by atoms with Gasteiger partial charge in [0.15, 0.2) is 0 Å². The van der Waals surface area contributed by atoms with Gasteiger partial charge in [0.2, 0.25) is 0 Å². The van der Waals surface area contributed by atoms with Gasteiger partial charge in [-0.2, -0.15) is 0 Å². The quantitative estimate of drug-likeness (QED) is 0.643. The van der Waals surface area contributed by atoms with E-state index in [0.717, 1.165) is 24.1 Å². The van der Waals surface area contributed by atoms with Gasteiger partial charge in [0, 0.05) is 30.4 Å². The third-order valence-electron chi connectivity index (χ3n) is 3.56. The molecule has 0 radical (unpaired) electrons. The highest BCUT2D eigenvalue weighted by Gasteiger charge is 2.26. The van der Waals surface area contributed by atoms with Gasteiger partial charge in [-0.15, -0.1) is 0 Å². The Kier molecular flexibility index (Phi) is 3.81. The summed E-state index contributed by atoms with van der Waals surface area (Å²) in [4.78, 5) is 12.5. The fraction of sp³-hybridized carbons (Fsp3) is 0.538. The number of nitrogens with zero attached hydrogens (tertiary/aromatic N) is 2. The molecule has 0 saturated heterocycles. The first-order valence-corrected chi connectivity index (χ1v) is 6.26. The Morgan fingerprint density at radius 1 is 1.50 bits per heavy atom. The van der Waals surface area contributed by atoms with Gasteiger partial charge in [0.1, 0.15) is 0 Å². The van der Waals surface area contributed by atoms with E-state index >= 15 is 0 Å². The zero-order valence-electron chi connectivity index (χ0n) is 10.5. The molecule has 0 heterocycles. The number of anilines is 1. The highest BCUT2D eigenvalue weighted by Crippen LogP contribution is 2.32. The summed E-state index contributed by atoms with van der Waals surface area (Å²) in [7, 11) is 0. The Morgan fingerprint density at radius 3 is 2.67 bits per heavy atom. The lowest BCUT2D eigenvalue weighted by atomic mass is 9.90. The monoisotopic (exact) mass is 250 g/mol. The molecule has 98 valence electrons. The molecule has 0 unspecified atom stereocenters. The number of aryl methyl sites for hydroxylation is 1. The molecule has 1 fully saturated rings. The summed E-state index contributed by atoms with van der Waals surface area (Å²) in [5, 5.41) is 19.9. The molecule has 0 amide bonds. The second-order valence-corrected chi connectivity index (χ2v) is 4.73. The molecular formula is C13H18N2O3. The summed E-state index contributed by atoms with van der Waals surface area (Å²) in [6.45, 7) is 2.57. The van der Waals surface area contributed by atoms with E-state index in [1.807, 2.05) is 6.92 Å². The smallest absolute Gasteiger partial charge is 0.269 e. The van der Waals surface area contributed by atoms with Gasteiger partial charge in [0.05, 0.1) is 11.5 Å². The Hall–Kier alpha value is -1.62. The maximum Gasteiger partial charge on any atom is 0.269 e. The van der Waals surface area contributed by atoms with Crippen LogP contribution in [0.1, 0.15) is 24.8 Å². The fourth-order valence-electron chi connectivity index (χ4n) is 2.38. The standard InChI is InChI=1S/C13H18N2O3/c1-10-9-12(15(17)18)5-6-13(10)14(7-8-16)11-3-2-4-11/h5-6,9,11,16H,2-4,7-8H2,1H3. The van der Waals surface area contributed by atoms with Crippen LogP contribution in [0.25, 0.3) is 0 Å². The van der Waals surface area contributed by atoms with Gasteiger partial charge in [-0.25, -0.2) is 0 Å². The van der Waals surface area contributed by atoms with Gasteiger partial charge in [-0.05, 0) is 37.8 Å². The molecule has 5 nitrogen and oxygen atoms in total. The van der Waals surface area contributed by atoms with E-state index in [4.69, 9.17) is 5.11 Å². The number of nitro benzene ring substituents is 1. The van der Waals surface area contributed by atoms with E-state index in [-0.39, 0.29) is 17.2 Å². The molecule has 5 heteroatoms. The molecule has 1 aromatic rings. The summed E-state index contributed by atoms with van der Waals surface area (Å²) < 4.78 is 0. The summed E-state index contributed by atoms with van der Waals surface area (Å²) >= 11 is 0. The van der Waals surface area contributed by atoms with Crippen molar-refractivity contribution in [1.82, 2.24) is 0 Å². The number of benzene rings is 1. The first-order chi connectivity index (χ1) is 8.63. The molecule has 0 aliphatic heterocycles. The van der Waals surface area contributed by atoms with E-state index < -0.39 is 0 Å². The molecule has 0 spiro atoms. The number of aliphatic hydroxyl groups excluding tert-OH is 1. The van der Waals surface area contributed by atoms with Crippen molar-refractivity contribution in [3.8, 4) is 0 Å². The number of hydrogen-bond donors (Lipinski definition) is 1. The third-order valence-corrected chi connectivity index (χ3v) is 3.56. The largest absolute Gasteiger partial charge is 0.395 e. The Labute approximate surface area is 106 Å². The fourth-order valence-corrected chi connectivity index (χ4v) is 2.38. The van der Waals surface area contributed by atoms with Crippen LogP contribution < -0.4 is 4.90 Å². The van der Waals surface area contributed by atoms with E-state index in [0.29, 0.717) is 12.6 Å². The van der Waals surface area contributed by atoms with Crippen molar-refractivity contribution < 1.29 is 10.0 Å². The molecule has 1 aliphatic carbocycles. The van der Waals surface area contributed by atoms with Gasteiger partial charge in [-0.1, -0.05) is 0 Å². The molecular weight excluding hydrogens is 232 g/mol. The highest BCUT2D eigenvalue weighted by atomic mass is 16.6. The average molecular weight is 250 g/mol. The molecule has 1 N–H and O–H groups in total. The minimum atomic E-state index is -0.378. The predicted octanol–water partition coefficient (Wildman–Crippen LogP) is 2.25. The Morgan fingerprint density at radius 2 is 2.22 bits per heavy atom. The molecule has 0 bridgehead atoms. The molecule has 0 atom stereocenters. The SMILES string of the molecule is Cc1cc([N+](=O)[O-])ccc1N(CCO)C1CCC1. The zero-order valence-corrected chi connectivity index (χ0v) is 10.5. The maximum absolute atomic E-state index is 10.7. The summed E-state index contributed by atoms with van der Waals surface area (Å²) in [6, 6.07) is 5.39. The lowest BCUT2D eigenvalue weighted by Crippen LogP contribution is -2.42. The lowest BCUT2D eigenvalue weighted by molar-refractivity contribution is -0.384. The molecule has 2 rings (SSSR count). The number of rotatable bonds is 5. The van der Waals surface area contributed by atoms with Gasteiger partial charge in [0.25, 0.3) is 5.69 Å². The van der Waals surface area contributed by atoms with Crippen LogP contribution in [-0.4, -0.2) is 29.2 Å². The third kappa shape index (κ3) is 2.46. The lowest BCUT2D eigenvalue weighted by Gasteiger charge is -2.39. The van der Waals surface area contributed by atoms with Crippen molar-refractivity contribution in [1.29, 1.82) is 0 Å². The van der Waals surface area contributed by atoms with Crippen molar-refractivity contribution in [2.24, 2.45) is 0 Å². The predicted molar refractivity (Wildman–Crippen MR) is 69.9 cm³/mol. The molecule has 1 aromatic carbocycles. The number of aliphatic hydroxyl groups is 1. The minimum Gasteiger partial charge on any atom is -0.395 e. The van der Waals surface area contributed by atoms with Gasteiger partial charge < -0.3 is 10.0 Å². The zero-order chi connectivity index (χ0) is 13.1. The van der Waals surface area contributed by atoms with Crippen molar-refractivity contribution in [2.45, 2.75) is 32.2 Å². The summed E-state index contributed by atoms with van der Waals surface area (Å²) in [5.74, 6) is 0. The van der Waals surface area contributed by atoms with Crippen LogP contribution in [0.3, 0.4) is 0 Å². The van der Waals surface area contributed by atoms with Crippen molar-refractivity contribution in [2.75, 3.05) is 18.1 Å². The van der Waals surface area contributed by atoms with Crippen LogP contribution in [0.2, 0.25) is 0 Å². The van der Waals surface area contributed by atoms with E-state index in [9.17, 15) is 10.1 Å². The minimum absolute atomic E-state index is 0.104. The van der Waals surface area contributed by atoms with Crippen LogP contribution in [0, 0.1) is 17.0 Å². The summed E-state index contributed by atoms with van der Waals surface area (Å²) in [6.07, 6.45) is 3.49. The van der Waals surface area contributed by atoms with Crippen LogP contribution >= 0.6 is 0 Å². The van der Waals surface area contributed by atoms with Crippen molar-refractivity contribution >= 4 is 11.4 Å². The van der Waals surface area contributed by atoms with Gasteiger partial charge >= 0.3 is 0 Å². The summed E-state index contributed by atoms with van der Waals surface area (Å²) in [5.41, 5.74) is 2.01. The molecule has 1 saturated carbocycles. The van der Waals surface area contributed by atoms with Gasteiger partial charge in [-0.3, -0.25) is 10.1 Å². The second-order valence-electron chi connectivity index (χ2n) is 4.73. The number of hydrogen-bond acceptors (Lipinski definition) is 4. The van der Waals surface area contributed by atoms with Crippen LogP contribution in [0.15, 0.2) is 18.2 Å². The average Bonchev–Trinajstić information content (AvgIpc) is 2.26. The number of nitro groups is 1. The Balaban J connectivity index is 2.26.